The van der Waals surface area contributed by atoms with Crippen molar-refractivity contribution in [1.29, 1.82) is 0 Å². The summed E-state index contributed by atoms with van der Waals surface area (Å²) in [4.78, 5) is 8.48. The average Bonchev–Trinajstić information content (AvgIpc) is 3.08. The summed E-state index contributed by atoms with van der Waals surface area (Å²) in [6.45, 7) is 4.34. The molecule has 0 aliphatic heterocycles. The molecule has 0 bridgehead atoms. The zero-order valence-electron chi connectivity index (χ0n) is 16.1. The number of nitrogens with zero attached hydrogens (tertiary/aromatic N) is 4. The first-order chi connectivity index (χ1) is 13.5. The number of aliphatic hydroxyl groups is 1. The van der Waals surface area contributed by atoms with Gasteiger partial charge >= 0.3 is 0 Å². The number of aromatic nitrogens is 4. The maximum atomic E-state index is 9.65. The molecule has 1 atom stereocenters. The summed E-state index contributed by atoms with van der Waals surface area (Å²) in [5, 5.41) is 23.8. The molecule has 9 heteroatoms. The molecule has 0 aliphatic rings. The van der Waals surface area contributed by atoms with Crippen LogP contribution >= 0.6 is 11.6 Å². The molecular weight excluding hydrogens is 378 g/mol. The highest BCUT2D eigenvalue weighted by atomic mass is 35.5. The zero-order valence-corrected chi connectivity index (χ0v) is 16.8. The Kier molecular flexibility index (Phi) is 6.33. The van der Waals surface area contributed by atoms with Crippen molar-refractivity contribution in [3.8, 4) is 5.82 Å². The van der Waals surface area contributed by atoms with E-state index in [9.17, 15) is 5.11 Å². The van der Waals surface area contributed by atoms with E-state index in [-0.39, 0.29) is 5.88 Å². The second kappa shape index (κ2) is 8.90. The van der Waals surface area contributed by atoms with Crippen LogP contribution in [0.1, 0.15) is 11.3 Å². The fourth-order valence-electron chi connectivity index (χ4n) is 2.66. The minimum Gasteiger partial charge on any atom is -0.390 e. The largest absolute Gasteiger partial charge is 0.390 e. The molecule has 0 aliphatic carbocycles. The van der Waals surface area contributed by atoms with Gasteiger partial charge in [0.05, 0.1) is 17.7 Å². The van der Waals surface area contributed by atoms with Gasteiger partial charge in [0.1, 0.15) is 18.0 Å². The van der Waals surface area contributed by atoms with Crippen molar-refractivity contribution in [2.24, 2.45) is 0 Å². The Hall–Kier alpha value is -2.84. The summed E-state index contributed by atoms with van der Waals surface area (Å²) < 4.78 is 1.74. The lowest BCUT2D eigenvalue weighted by atomic mass is 10.1. The molecular formula is C19H24ClN7O. The van der Waals surface area contributed by atoms with E-state index in [0.29, 0.717) is 18.2 Å². The molecule has 28 heavy (non-hydrogen) atoms. The monoisotopic (exact) mass is 401 g/mol. The fraction of sp³-hybridized carbons (Fsp3) is 0.316. The van der Waals surface area contributed by atoms with Crippen molar-refractivity contribution >= 4 is 34.6 Å². The van der Waals surface area contributed by atoms with Crippen LogP contribution in [0, 0.1) is 13.8 Å². The molecule has 0 amide bonds. The number of hydrogen-bond donors (Lipinski definition) is 4. The van der Waals surface area contributed by atoms with Gasteiger partial charge in [-0.1, -0.05) is 6.07 Å². The number of nitrogens with one attached hydrogen (secondary N) is 3. The number of rotatable bonds is 8. The van der Waals surface area contributed by atoms with Crippen molar-refractivity contribution in [1.82, 2.24) is 19.7 Å². The third-order valence-electron chi connectivity index (χ3n) is 4.18. The maximum absolute atomic E-state index is 9.65. The Morgan fingerprint density at radius 3 is 2.75 bits per heavy atom. The molecule has 0 fully saturated rings. The van der Waals surface area contributed by atoms with Gasteiger partial charge in [-0.25, -0.2) is 9.97 Å². The molecule has 148 valence electrons. The second-order valence-electron chi connectivity index (χ2n) is 6.44. The van der Waals surface area contributed by atoms with Crippen molar-refractivity contribution in [2.45, 2.75) is 20.0 Å². The highest BCUT2D eigenvalue weighted by Crippen LogP contribution is 2.26. The van der Waals surface area contributed by atoms with Crippen molar-refractivity contribution in [3.63, 3.8) is 0 Å². The van der Waals surface area contributed by atoms with E-state index < -0.39 is 6.10 Å². The Morgan fingerprint density at radius 1 is 1.18 bits per heavy atom. The topological polar surface area (TPSA) is 99.9 Å². The first-order valence-electron chi connectivity index (χ1n) is 8.92. The molecule has 0 spiro atoms. The van der Waals surface area contributed by atoms with Gasteiger partial charge in [0.2, 0.25) is 0 Å². The summed E-state index contributed by atoms with van der Waals surface area (Å²) in [7, 11) is 1.81. The SMILES string of the molecule is CNc1cc(-n2nc(C)cc2Nc2cc(NCC(O)CCl)ccc2C)ncn1. The van der Waals surface area contributed by atoms with E-state index in [1.807, 2.05) is 51.2 Å². The Bertz CT molecular complexity index is 944. The quantitative estimate of drug-likeness (QED) is 0.430. The molecule has 0 saturated carbocycles. The van der Waals surface area contributed by atoms with Crippen LogP contribution in [0.3, 0.4) is 0 Å². The van der Waals surface area contributed by atoms with Crippen molar-refractivity contribution in [2.75, 3.05) is 35.4 Å². The summed E-state index contributed by atoms with van der Waals surface area (Å²) >= 11 is 5.65. The molecule has 0 radical (unpaired) electrons. The van der Waals surface area contributed by atoms with Crippen LogP contribution < -0.4 is 16.0 Å². The summed E-state index contributed by atoms with van der Waals surface area (Å²) in [5.41, 5.74) is 3.76. The van der Waals surface area contributed by atoms with Gasteiger partial charge in [0.15, 0.2) is 5.82 Å². The highest BCUT2D eigenvalue weighted by Gasteiger charge is 2.12. The predicted octanol–water partition coefficient (Wildman–Crippen LogP) is 3.08. The van der Waals surface area contributed by atoms with Gasteiger partial charge in [-0.05, 0) is 31.5 Å². The number of hydrogen-bond acceptors (Lipinski definition) is 7. The van der Waals surface area contributed by atoms with Gasteiger partial charge in [-0.2, -0.15) is 9.78 Å². The van der Waals surface area contributed by atoms with E-state index in [1.165, 1.54) is 6.33 Å². The summed E-state index contributed by atoms with van der Waals surface area (Å²) in [6, 6.07) is 9.75. The fourth-order valence-corrected chi connectivity index (χ4v) is 2.77. The van der Waals surface area contributed by atoms with E-state index in [2.05, 4.69) is 31.0 Å². The van der Waals surface area contributed by atoms with Crippen LogP contribution in [0.25, 0.3) is 5.82 Å². The Morgan fingerprint density at radius 2 is 2.00 bits per heavy atom. The first kappa shape index (κ1) is 19.9. The first-order valence-corrected chi connectivity index (χ1v) is 9.46. The maximum Gasteiger partial charge on any atom is 0.161 e. The number of alkyl halides is 1. The smallest absolute Gasteiger partial charge is 0.161 e. The number of aliphatic hydroxyl groups excluding tert-OH is 1. The summed E-state index contributed by atoms with van der Waals surface area (Å²) in [6.07, 6.45) is 0.905. The van der Waals surface area contributed by atoms with Crippen LogP contribution in [0.5, 0.6) is 0 Å². The number of halogens is 1. The van der Waals surface area contributed by atoms with Crippen LogP contribution in [0.15, 0.2) is 36.7 Å². The van der Waals surface area contributed by atoms with Crippen molar-refractivity contribution < 1.29 is 5.11 Å². The van der Waals surface area contributed by atoms with Crippen LogP contribution in [-0.4, -0.2) is 50.4 Å². The van der Waals surface area contributed by atoms with Crippen LogP contribution in [-0.2, 0) is 0 Å². The standard InChI is InChI=1S/C19H24ClN7O/c1-12-4-5-14(22-10-15(28)9-20)7-16(12)25-19-6-13(2)26-27(19)18-8-17(21-3)23-11-24-18/h4-8,11,15,22,25,28H,9-10H2,1-3H3,(H,21,23,24). The van der Waals surface area contributed by atoms with Gasteiger partial charge in [0.25, 0.3) is 0 Å². The molecule has 3 aromatic rings. The Labute approximate surface area is 169 Å². The predicted molar refractivity (Wildman–Crippen MR) is 113 cm³/mol. The molecule has 1 aromatic carbocycles. The van der Waals surface area contributed by atoms with Crippen molar-refractivity contribution in [3.05, 3.63) is 47.9 Å². The second-order valence-corrected chi connectivity index (χ2v) is 6.75. The van der Waals surface area contributed by atoms with E-state index >= 15 is 0 Å². The van der Waals surface area contributed by atoms with E-state index in [1.54, 1.807) is 4.68 Å². The lowest BCUT2D eigenvalue weighted by molar-refractivity contribution is 0.211. The number of anilines is 4. The van der Waals surface area contributed by atoms with Gasteiger partial charge in [-0.15, -0.1) is 11.6 Å². The lowest BCUT2D eigenvalue weighted by Crippen LogP contribution is -2.20. The van der Waals surface area contributed by atoms with Crippen LogP contribution in [0.2, 0.25) is 0 Å². The molecule has 2 heterocycles. The normalized spacial score (nSPS) is 11.9. The number of aryl methyl sites for hydroxylation is 2. The average molecular weight is 402 g/mol. The molecule has 8 nitrogen and oxygen atoms in total. The third kappa shape index (κ3) is 4.71. The third-order valence-corrected chi connectivity index (χ3v) is 4.53. The Balaban J connectivity index is 1.88. The highest BCUT2D eigenvalue weighted by molar-refractivity contribution is 6.18. The van der Waals surface area contributed by atoms with Gasteiger partial charge < -0.3 is 21.1 Å². The molecule has 3 rings (SSSR count). The van der Waals surface area contributed by atoms with Gasteiger partial charge in [0, 0.05) is 37.1 Å². The van der Waals surface area contributed by atoms with Crippen LogP contribution in [0.4, 0.5) is 23.0 Å². The molecule has 4 N–H and O–H groups in total. The number of benzene rings is 1. The van der Waals surface area contributed by atoms with Gasteiger partial charge in [-0.3, -0.25) is 0 Å². The van der Waals surface area contributed by atoms with E-state index in [0.717, 1.165) is 28.5 Å². The van der Waals surface area contributed by atoms with E-state index in [4.69, 9.17) is 11.6 Å². The minimum absolute atomic E-state index is 0.190. The zero-order chi connectivity index (χ0) is 20.1. The lowest BCUT2D eigenvalue weighted by Gasteiger charge is -2.15. The molecule has 1 unspecified atom stereocenters. The molecule has 2 aromatic heterocycles. The summed E-state index contributed by atoms with van der Waals surface area (Å²) in [5.74, 6) is 2.35. The minimum atomic E-state index is -0.595. The molecule has 0 saturated heterocycles.